The Bertz CT molecular complexity index is 341. The van der Waals surface area contributed by atoms with Gasteiger partial charge in [-0.2, -0.15) is 0 Å². The van der Waals surface area contributed by atoms with Crippen LogP contribution in [0, 0.1) is 6.92 Å². The molecule has 0 aliphatic rings. The van der Waals surface area contributed by atoms with Crippen LogP contribution in [0.4, 0.5) is 8.78 Å². The molecule has 1 aromatic rings. The van der Waals surface area contributed by atoms with Gasteiger partial charge in [-0.05, 0) is 6.92 Å². The van der Waals surface area contributed by atoms with Gasteiger partial charge in [0, 0.05) is 0 Å². The average molecular weight is 188 g/mol. The number of nitrogens with zero attached hydrogens (tertiary/aromatic N) is 2. The predicted molar refractivity (Wildman–Crippen MR) is 38.7 cm³/mol. The van der Waals surface area contributed by atoms with Gasteiger partial charge < -0.3 is 5.11 Å². The van der Waals surface area contributed by atoms with E-state index in [0.29, 0.717) is 0 Å². The van der Waals surface area contributed by atoms with E-state index in [1.165, 1.54) is 6.92 Å². The Kier molecular flexibility index (Phi) is 2.50. The van der Waals surface area contributed by atoms with Crippen LogP contribution in [0.1, 0.15) is 28.3 Å². The van der Waals surface area contributed by atoms with Crippen molar-refractivity contribution in [3.63, 3.8) is 0 Å². The minimum absolute atomic E-state index is 0.0417. The highest BCUT2D eigenvalue weighted by atomic mass is 19.3. The number of hydrogen-bond acceptors (Lipinski definition) is 3. The predicted octanol–water partition coefficient (Wildman–Crippen LogP) is 1.42. The van der Waals surface area contributed by atoms with Gasteiger partial charge in [0.05, 0.1) is 11.9 Å². The molecule has 0 aliphatic heterocycles. The molecule has 1 N–H and O–H groups in total. The number of carboxylic acid groups (broad SMARTS) is 1. The third-order valence-corrected chi connectivity index (χ3v) is 1.42. The number of aryl methyl sites for hydroxylation is 1. The molecule has 0 atom stereocenters. The van der Waals surface area contributed by atoms with E-state index in [2.05, 4.69) is 9.97 Å². The molecular weight excluding hydrogens is 182 g/mol. The van der Waals surface area contributed by atoms with Crippen molar-refractivity contribution in [2.24, 2.45) is 0 Å². The molecule has 70 valence electrons. The van der Waals surface area contributed by atoms with E-state index in [1.807, 2.05) is 0 Å². The maximum absolute atomic E-state index is 12.2. The van der Waals surface area contributed by atoms with Crippen LogP contribution in [0.3, 0.4) is 0 Å². The second-order valence-corrected chi connectivity index (χ2v) is 2.33. The van der Waals surface area contributed by atoms with E-state index in [0.717, 1.165) is 6.20 Å². The second-order valence-electron chi connectivity index (χ2n) is 2.33. The van der Waals surface area contributed by atoms with E-state index in [1.54, 1.807) is 0 Å². The Morgan fingerprint density at radius 3 is 2.69 bits per heavy atom. The number of aromatic nitrogens is 2. The van der Waals surface area contributed by atoms with Crippen LogP contribution < -0.4 is 0 Å². The van der Waals surface area contributed by atoms with Gasteiger partial charge >= 0.3 is 5.97 Å². The minimum atomic E-state index is -2.80. The molecule has 6 heteroatoms. The van der Waals surface area contributed by atoms with Gasteiger partial charge in [0.25, 0.3) is 6.43 Å². The average Bonchev–Trinajstić information content (AvgIpc) is 2.04. The monoisotopic (exact) mass is 188 g/mol. The normalized spacial score (nSPS) is 10.5. The maximum atomic E-state index is 12.2. The van der Waals surface area contributed by atoms with Crippen molar-refractivity contribution < 1.29 is 18.7 Å². The number of carbonyl (C=O) groups is 1. The van der Waals surface area contributed by atoms with Crippen molar-refractivity contribution in [3.05, 3.63) is 23.3 Å². The smallest absolute Gasteiger partial charge is 0.356 e. The van der Waals surface area contributed by atoms with Crippen molar-refractivity contribution >= 4 is 5.97 Å². The molecule has 1 heterocycles. The largest absolute Gasteiger partial charge is 0.476 e. The van der Waals surface area contributed by atoms with Crippen LogP contribution in [0.2, 0.25) is 0 Å². The van der Waals surface area contributed by atoms with Crippen molar-refractivity contribution in [2.45, 2.75) is 13.3 Å². The quantitative estimate of drug-likeness (QED) is 0.762. The van der Waals surface area contributed by atoms with Gasteiger partial charge in [-0.3, -0.25) is 4.98 Å². The first-order chi connectivity index (χ1) is 6.02. The van der Waals surface area contributed by atoms with Crippen molar-refractivity contribution in [3.8, 4) is 0 Å². The SMILES string of the molecule is Cc1ncc(C(=O)O)nc1C(F)F. The number of carboxylic acids is 1. The minimum Gasteiger partial charge on any atom is -0.476 e. The molecule has 0 saturated carbocycles. The Morgan fingerprint density at radius 2 is 2.23 bits per heavy atom. The van der Waals surface area contributed by atoms with Gasteiger partial charge in [-0.1, -0.05) is 0 Å². The lowest BCUT2D eigenvalue weighted by Gasteiger charge is -2.02. The molecule has 0 amide bonds. The molecule has 1 rings (SSSR count). The molecular formula is C7H6F2N2O2. The van der Waals surface area contributed by atoms with Crippen molar-refractivity contribution in [1.82, 2.24) is 9.97 Å². The fourth-order valence-corrected chi connectivity index (χ4v) is 0.773. The van der Waals surface area contributed by atoms with Crippen LogP contribution in [0.5, 0.6) is 0 Å². The summed E-state index contributed by atoms with van der Waals surface area (Å²) >= 11 is 0. The molecule has 0 bridgehead atoms. The lowest BCUT2D eigenvalue weighted by atomic mass is 10.3. The summed E-state index contributed by atoms with van der Waals surface area (Å²) in [5, 5.41) is 8.43. The van der Waals surface area contributed by atoms with Gasteiger partial charge in [0.15, 0.2) is 5.69 Å². The summed E-state index contributed by atoms with van der Waals surface area (Å²) in [6.07, 6.45) is -1.85. The summed E-state index contributed by atoms with van der Waals surface area (Å²) in [5.41, 5.74) is -1.01. The van der Waals surface area contributed by atoms with E-state index in [4.69, 9.17) is 5.11 Å². The Hall–Kier alpha value is -1.59. The van der Waals surface area contributed by atoms with Crippen LogP contribution in [-0.2, 0) is 0 Å². The third-order valence-electron chi connectivity index (χ3n) is 1.42. The summed E-state index contributed by atoms with van der Waals surface area (Å²) in [5.74, 6) is -1.37. The van der Waals surface area contributed by atoms with Crippen molar-refractivity contribution in [2.75, 3.05) is 0 Å². The summed E-state index contributed by atoms with van der Waals surface area (Å²) in [6, 6.07) is 0. The number of rotatable bonds is 2. The first-order valence-electron chi connectivity index (χ1n) is 3.37. The van der Waals surface area contributed by atoms with E-state index in [-0.39, 0.29) is 5.69 Å². The fraction of sp³-hybridized carbons (Fsp3) is 0.286. The molecule has 1 aromatic heterocycles. The standard InChI is InChI=1S/C7H6F2N2O2/c1-3-5(6(8)9)11-4(2-10-3)7(12)13/h2,6H,1H3,(H,12,13). The molecule has 0 unspecified atom stereocenters. The molecule has 0 aromatic carbocycles. The Balaban J connectivity index is 3.19. The summed E-state index contributed by atoms with van der Waals surface area (Å²) in [6.45, 7) is 1.35. The Labute approximate surface area is 72.3 Å². The van der Waals surface area contributed by atoms with Gasteiger partial charge in [0.2, 0.25) is 0 Å². The van der Waals surface area contributed by atoms with Crippen LogP contribution in [0.15, 0.2) is 6.20 Å². The zero-order chi connectivity index (χ0) is 10.0. The highest BCUT2D eigenvalue weighted by Crippen LogP contribution is 2.18. The Morgan fingerprint density at radius 1 is 1.62 bits per heavy atom. The van der Waals surface area contributed by atoms with E-state index >= 15 is 0 Å². The van der Waals surface area contributed by atoms with Crippen LogP contribution in [0.25, 0.3) is 0 Å². The summed E-state index contributed by atoms with van der Waals surface area (Å²) < 4.78 is 24.4. The summed E-state index contributed by atoms with van der Waals surface area (Å²) in [7, 11) is 0. The number of halogens is 2. The maximum Gasteiger partial charge on any atom is 0.356 e. The van der Waals surface area contributed by atoms with E-state index in [9.17, 15) is 13.6 Å². The topological polar surface area (TPSA) is 63.1 Å². The zero-order valence-corrected chi connectivity index (χ0v) is 6.66. The molecule has 0 aliphatic carbocycles. The second kappa shape index (κ2) is 3.42. The first kappa shape index (κ1) is 9.50. The molecule has 4 nitrogen and oxygen atoms in total. The number of hydrogen-bond donors (Lipinski definition) is 1. The highest BCUT2D eigenvalue weighted by Gasteiger charge is 2.16. The molecule has 0 fully saturated rings. The van der Waals surface area contributed by atoms with Crippen LogP contribution >= 0.6 is 0 Å². The highest BCUT2D eigenvalue weighted by molar-refractivity contribution is 5.84. The number of aromatic carboxylic acids is 1. The zero-order valence-electron chi connectivity index (χ0n) is 6.66. The van der Waals surface area contributed by atoms with Crippen molar-refractivity contribution in [1.29, 1.82) is 0 Å². The van der Waals surface area contributed by atoms with Gasteiger partial charge in [-0.15, -0.1) is 0 Å². The third kappa shape index (κ3) is 1.95. The summed E-state index contributed by atoms with van der Waals surface area (Å²) in [4.78, 5) is 17.1. The fourth-order valence-electron chi connectivity index (χ4n) is 0.773. The molecule has 0 radical (unpaired) electrons. The molecule has 0 saturated heterocycles. The lowest BCUT2D eigenvalue weighted by Crippen LogP contribution is -2.06. The van der Waals surface area contributed by atoms with Gasteiger partial charge in [-0.25, -0.2) is 18.6 Å². The van der Waals surface area contributed by atoms with Crippen LogP contribution in [-0.4, -0.2) is 21.0 Å². The van der Waals surface area contributed by atoms with Gasteiger partial charge in [0.1, 0.15) is 5.69 Å². The first-order valence-corrected chi connectivity index (χ1v) is 3.37. The number of alkyl halides is 2. The lowest BCUT2D eigenvalue weighted by molar-refractivity contribution is 0.0688. The molecule has 0 spiro atoms. The molecule has 13 heavy (non-hydrogen) atoms. The van der Waals surface area contributed by atoms with E-state index < -0.39 is 23.8 Å².